The molecule has 17 heavy (non-hydrogen) atoms. The number of carbonyl (C=O) groups is 1. The van der Waals surface area contributed by atoms with Gasteiger partial charge in [-0.2, -0.15) is 0 Å². The predicted molar refractivity (Wildman–Crippen MR) is 67.0 cm³/mol. The van der Waals surface area contributed by atoms with Crippen LogP contribution in [-0.4, -0.2) is 13.0 Å². The molecule has 0 spiro atoms. The van der Waals surface area contributed by atoms with Crippen molar-refractivity contribution in [1.82, 2.24) is 0 Å². The monoisotopic (exact) mass is 235 g/mol. The largest absolute Gasteiger partial charge is 0.312 e. The molecule has 1 aliphatic rings. The molecule has 0 saturated heterocycles. The second-order valence-corrected chi connectivity index (χ2v) is 5.82. The Balaban J connectivity index is 2.77. The normalized spacial score (nSPS) is 24.1. The number of fused-ring (bicyclic) bond motifs is 1. The lowest BCUT2D eigenvalue weighted by Crippen LogP contribution is -2.33. The van der Waals surface area contributed by atoms with E-state index in [0.717, 1.165) is 5.56 Å². The Morgan fingerprint density at radius 2 is 1.88 bits per heavy atom. The number of benzene rings is 1. The quantitative estimate of drug-likeness (QED) is 0.676. The van der Waals surface area contributed by atoms with Crippen LogP contribution in [0.1, 0.15) is 38.8 Å². The summed E-state index contributed by atoms with van der Waals surface area (Å²) in [6.45, 7) is 7.44. The van der Waals surface area contributed by atoms with Crippen LogP contribution in [0.3, 0.4) is 0 Å². The van der Waals surface area contributed by atoms with E-state index in [1.807, 2.05) is 32.9 Å². The second kappa shape index (κ2) is 3.31. The predicted octanol–water partition coefficient (Wildman–Crippen LogP) is 3.15. The summed E-state index contributed by atoms with van der Waals surface area (Å²) >= 11 is 0. The Hall–Kier alpha value is -1.38. The molecule has 3 heteroatoms. The van der Waals surface area contributed by atoms with Gasteiger partial charge in [-0.1, -0.05) is 32.9 Å². The molecule has 0 N–H and O–H groups in total. The first-order valence-corrected chi connectivity index (χ1v) is 5.78. The van der Waals surface area contributed by atoms with Crippen LogP contribution in [0.15, 0.2) is 18.2 Å². The van der Waals surface area contributed by atoms with E-state index in [0.29, 0.717) is 11.3 Å². The SMILES string of the molecule is CN1C(=O)C(C)(F)c2c1cccc2C(C)(C)C. The Labute approximate surface area is 101 Å². The maximum atomic E-state index is 14.6. The first kappa shape index (κ1) is 12.1. The molecule has 1 aromatic rings. The average molecular weight is 235 g/mol. The third-order valence-corrected chi connectivity index (χ3v) is 3.39. The maximum Gasteiger partial charge on any atom is 0.268 e. The number of halogens is 1. The Kier molecular flexibility index (Phi) is 2.35. The van der Waals surface area contributed by atoms with Gasteiger partial charge in [0, 0.05) is 12.6 Å². The lowest BCUT2D eigenvalue weighted by Gasteiger charge is -2.25. The molecule has 0 radical (unpaired) electrons. The molecule has 0 fully saturated rings. The summed E-state index contributed by atoms with van der Waals surface area (Å²) in [4.78, 5) is 13.3. The van der Waals surface area contributed by atoms with Crippen molar-refractivity contribution in [2.45, 2.75) is 38.8 Å². The molecule has 2 nitrogen and oxygen atoms in total. The van der Waals surface area contributed by atoms with Gasteiger partial charge in [-0.05, 0) is 24.0 Å². The summed E-state index contributed by atoms with van der Waals surface area (Å²) in [6.07, 6.45) is 0. The van der Waals surface area contributed by atoms with Gasteiger partial charge in [-0.15, -0.1) is 0 Å². The number of carbonyl (C=O) groups excluding carboxylic acids is 1. The van der Waals surface area contributed by atoms with Crippen molar-refractivity contribution in [2.75, 3.05) is 11.9 Å². The summed E-state index contributed by atoms with van der Waals surface area (Å²) in [5.74, 6) is -0.482. The van der Waals surface area contributed by atoms with Gasteiger partial charge in [0.25, 0.3) is 5.91 Å². The molecule has 2 rings (SSSR count). The highest BCUT2D eigenvalue weighted by molar-refractivity contribution is 6.06. The van der Waals surface area contributed by atoms with E-state index >= 15 is 0 Å². The third-order valence-electron chi connectivity index (χ3n) is 3.39. The molecule has 0 bridgehead atoms. The zero-order valence-electron chi connectivity index (χ0n) is 11.0. The highest BCUT2D eigenvalue weighted by Crippen LogP contribution is 2.46. The zero-order valence-corrected chi connectivity index (χ0v) is 11.0. The standard InChI is InChI=1S/C14H18FNO/c1-13(2,3)9-7-6-8-10-11(9)14(4,15)12(17)16(10)5/h6-8H,1-5H3. The van der Waals surface area contributed by atoms with Gasteiger partial charge in [-0.25, -0.2) is 4.39 Å². The van der Waals surface area contributed by atoms with E-state index in [4.69, 9.17) is 0 Å². The number of hydrogen-bond acceptors (Lipinski definition) is 1. The molecular formula is C14H18FNO. The van der Waals surface area contributed by atoms with Crippen LogP contribution in [0.4, 0.5) is 10.1 Å². The van der Waals surface area contributed by atoms with Crippen LogP contribution in [0, 0.1) is 0 Å². The fourth-order valence-corrected chi connectivity index (χ4v) is 2.47. The number of alkyl halides is 1. The molecule has 0 saturated carbocycles. The van der Waals surface area contributed by atoms with Crippen LogP contribution in [0.2, 0.25) is 0 Å². The Morgan fingerprint density at radius 1 is 1.29 bits per heavy atom. The van der Waals surface area contributed by atoms with Crippen molar-refractivity contribution < 1.29 is 9.18 Å². The van der Waals surface area contributed by atoms with Crippen molar-refractivity contribution in [2.24, 2.45) is 0 Å². The van der Waals surface area contributed by atoms with Crippen molar-refractivity contribution in [1.29, 1.82) is 0 Å². The van der Waals surface area contributed by atoms with Crippen LogP contribution < -0.4 is 4.90 Å². The summed E-state index contributed by atoms with van der Waals surface area (Å²) < 4.78 is 14.6. The molecule has 0 aromatic heterocycles. The van der Waals surface area contributed by atoms with E-state index in [-0.39, 0.29) is 5.41 Å². The van der Waals surface area contributed by atoms with E-state index in [1.54, 1.807) is 13.1 Å². The first-order chi connectivity index (χ1) is 7.67. The van der Waals surface area contributed by atoms with Gasteiger partial charge in [0.15, 0.2) is 0 Å². The highest BCUT2D eigenvalue weighted by Gasteiger charge is 2.49. The Bertz CT molecular complexity index is 485. The average Bonchev–Trinajstić information content (AvgIpc) is 2.40. The molecular weight excluding hydrogens is 217 g/mol. The van der Waals surface area contributed by atoms with Gasteiger partial charge >= 0.3 is 0 Å². The van der Waals surface area contributed by atoms with E-state index in [2.05, 4.69) is 0 Å². The summed E-state index contributed by atoms with van der Waals surface area (Å²) in [6, 6.07) is 5.58. The molecule has 1 aromatic carbocycles. The molecule has 0 aliphatic carbocycles. The van der Waals surface area contributed by atoms with Crippen molar-refractivity contribution in [3.63, 3.8) is 0 Å². The second-order valence-electron chi connectivity index (χ2n) is 5.82. The fourth-order valence-electron chi connectivity index (χ4n) is 2.47. The number of rotatable bonds is 0. The van der Waals surface area contributed by atoms with Gasteiger partial charge in [0.1, 0.15) is 0 Å². The molecule has 92 valence electrons. The number of likely N-dealkylation sites (N-methyl/N-ethyl adjacent to an activating group) is 1. The molecule has 1 unspecified atom stereocenters. The van der Waals surface area contributed by atoms with Gasteiger partial charge in [0.05, 0.1) is 5.69 Å². The lowest BCUT2D eigenvalue weighted by molar-refractivity contribution is -0.127. The van der Waals surface area contributed by atoms with Crippen molar-refractivity contribution >= 4 is 11.6 Å². The van der Waals surface area contributed by atoms with Crippen molar-refractivity contribution in [3.05, 3.63) is 29.3 Å². The minimum absolute atomic E-state index is 0.176. The van der Waals surface area contributed by atoms with E-state index in [1.165, 1.54) is 11.8 Å². The van der Waals surface area contributed by atoms with Crippen LogP contribution >= 0.6 is 0 Å². The lowest BCUT2D eigenvalue weighted by atomic mass is 9.80. The number of amides is 1. The van der Waals surface area contributed by atoms with Gasteiger partial charge in [0.2, 0.25) is 5.67 Å². The van der Waals surface area contributed by atoms with Gasteiger partial charge < -0.3 is 4.90 Å². The van der Waals surface area contributed by atoms with Crippen LogP contribution in [0.5, 0.6) is 0 Å². The first-order valence-electron chi connectivity index (χ1n) is 5.78. The minimum atomic E-state index is -1.91. The summed E-state index contributed by atoms with van der Waals surface area (Å²) in [7, 11) is 1.62. The molecule has 1 heterocycles. The maximum absolute atomic E-state index is 14.6. The minimum Gasteiger partial charge on any atom is -0.312 e. The topological polar surface area (TPSA) is 20.3 Å². The Morgan fingerprint density at radius 3 is 2.41 bits per heavy atom. The summed E-state index contributed by atoms with van der Waals surface area (Å²) in [5, 5.41) is 0. The summed E-state index contributed by atoms with van der Waals surface area (Å²) in [5.41, 5.74) is 0.0306. The number of hydrogen-bond donors (Lipinski definition) is 0. The zero-order chi connectivity index (χ0) is 13.0. The van der Waals surface area contributed by atoms with Crippen molar-refractivity contribution in [3.8, 4) is 0 Å². The molecule has 1 aliphatic heterocycles. The van der Waals surface area contributed by atoms with Gasteiger partial charge in [-0.3, -0.25) is 4.79 Å². The molecule has 1 amide bonds. The number of anilines is 1. The van der Waals surface area contributed by atoms with Crippen LogP contribution in [-0.2, 0) is 15.9 Å². The highest BCUT2D eigenvalue weighted by atomic mass is 19.1. The van der Waals surface area contributed by atoms with Crippen LogP contribution in [0.25, 0.3) is 0 Å². The van der Waals surface area contributed by atoms with E-state index < -0.39 is 11.6 Å². The third kappa shape index (κ3) is 1.56. The fraction of sp³-hybridized carbons (Fsp3) is 0.500. The van der Waals surface area contributed by atoms with E-state index in [9.17, 15) is 9.18 Å². The smallest absolute Gasteiger partial charge is 0.268 e. The molecule has 1 atom stereocenters. The number of nitrogens with zero attached hydrogens (tertiary/aromatic N) is 1.